The molecule has 0 aliphatic heterocycles. The Kier molecular flexibility index (Phi) is 4.11. The zero-order valence-corrected chi connectivity index (χ0v) is 7.19. The summed E-state index contributed by atoms with van der Waals surface area (Å²) >= 11 is 4.26. The molecule has 0 aliphatic rings. The summed E-state index contributed by atoms with van der Waals surface area (Å²) in [4.78, 5) is 17.2. The summed E-state index contributed by atoms with van der Waals surface area (Å²) in [5.41, 5.74) is 0. The molecule has 9 heteroatoms. The fourth-order valence-corrected chi connectivity index (χ4v) is 0.580. The number of hydrogen-bond acceptors (Lipinski definition) is 6. The molecular weight excluding hydrogens is 207 g/mol. The summed E-state index contributed by atoms with van der Waals surface area (Å²) < 4.78 is 16.6. The average molecular weight is 212 g/mol. The van der Waals surface area contributed by atoms with E-state index < -0.39 is 22.4 Å². The van der Waals surface area contributed by atoms with Gasteiger partial charge in [-0.25, -0.2) is 0 Å². The second kappa shape index (κ2) is 4.60. The molecule has 0 radical (unpaired) electrons. The second-order valence-electron chi connectivity index (χ2n) is 1.94. The van der Waals surface area contributed by atoms with Gasteiger partial charge in [0, 0.05) is 6.92 Å². The van der Waals surface area contributed by atoms with E-state index in [4.69, 9.17) is 0 Å². The molecule has 0 spiro atoms. The largest absolute Gasteiger partial charge is 0.514 e. The van der Waals surface area contributed by atoms with Gasteiger partial charge in [-0.2, -0.15) is 4.39 Å². The number of alkyl halides is 1. The molecule has 0 heterocycles. The Labute approximate surface area is 76.8 Å². The molecule has 0 aliphatic carbocycles. The standard InChI is InChI=1S/C4H5FN2O5S/c1-2(13)12-3(5)4(6(8)9)7(10)11/h3-4H,1H3. The van der Waals surface area contributed by atoms with E-state index in [0.717, 1.165) is 6.92 Å². The van der Waals surface area contributed by atoms with Gasteiger partial charge in [0.2, 0.25) is 0 Å². The average Bonchev–Trinajstić information content (AvgIpc) is 1.81. The Hall–Kier alpha value is -1.38. The van der Waals surface area contributed by atoms with Crippen LogP contribution in [-0.4, -0.2) is 27.4 Å². The van der Waals surface area contributed by atoms with Crippen LogP contribution in [0, 0.1) is 20.2 Å². The number of halogens is 1. The van der Waals surface area contributed by atoms with Crippen molar-refractivity contribution in [3.8, 4) is 0 Å². The Bertz CT molecular complexity index is 233. The van der Waals surface area contributed by atoms with E-state index in [1.54, 1.807) is 0 Å². The highest BCUT2D eigenvalue weighted by Crippen LogP contribution is 2.06. The van der Waals surface area contributed by atoms with Crippen molar-refractivity contribution >= 4 is 17.3 Å². The highest BCUT2D eigenvalue weighted by atomic mass is 32.1. The monoisotopic (exact) mass is 212 g/mol. The molecule has 0 fully saturated rings. The third-order valence-corrected chi connectivity index (χ3v) is 1.04. The third kappa shape index (κ3) is 3.69. The van der Waals surface area contributed by atoms with E-state index in [1.165, 1.54) is 0 Å². The summed E-state index contributed by atoms with van der Waals surface area (Å²) in [5.74, 6) is 0. The third-order valence-electron chi connectivity index (χ3n) is 0.945. The van der Waals surface area contributed by atoms with Gasteiger partial charge < -0.3 is 4.74 Å². The molecule has 1 unspecified atom stereocenters. The predicted molar refractivity (Wildman–Crippen MR) is 42.0 cm³/mol. The molecule has 0 aromatic rings. The lowest BCUT2D eigenvalue weighted by Gasteiger charge is -2.08. The quantitative estimate of drug-likeness (QED) is 0.292. The minimum atomic E-state index is -2.66. The molecule has 13 heavy (non-hydrogen) atoms. The smallest absolute Gasteiger partial charge is 0.442 e. The van der Waals surface area contributed by atoms with Crippen LogP contribution in [0.4, 0.5) is 4.39 Å². The van der Waals surface area contributed by atoms with E-state index in [2.05, 4.69) is 17.0 Å². The molecule has 0 bridgehead atoms. The lowest BCUT2D eigenvalue weighted by molar-refractivity contribution is -0.756. The molecule has 7 nitrogen and oxygen atoms in total. The van der Waals surface area contributed by atoms with Gasteiger partial charge in [0.05, 0.1) is 0 Å². The van der Waals surface area contributed by atoms with Gasteiger partial charge in [-0.05, 0) is 12.2 Å². The van der Waals surface area contributed by atoms with Gasteiger partial charge in [0.1, 0.15) is 9.85 Å². The highest BCUT2D eigenvalue weighted by Gasteiger charge is 2.45. The van der Waals surface area contributed by atoms with Crippen LogP contribution in [0.2, 0.25) is 0 Å². The molecule has 0 rings (SSSR count). The van der Waals surface area contributed by atoms with Gasteiger partial charge >= 0.3 is 12.5 Å². The lowest BCUT2D eigenvalue weighted by Crippen LogP contribution is -2.40. The Balaban J connectivity index is 4.46. The lowest BCUT2D eigenvalue weighted by atomic mass is 10.5. The Morgan fingerprint density at radius 2 is 1.85 bits per heavy atom. The maximum absolute atomic E-state index is 12.6. The van der Waals surface area contributed by atoms with Gasteiger partial charge in [0.25, 0.3) is 0 Å². The van der Waals surface area contributed by atoms with Gasteiger partial charge in [-0.1, -0.05) is 0 Å². The van der Waals surface area contributed by atoms with E-state index in [-0.39, 0.29) is 5.05 Å². The number of hydrogen-bond donors (Lipinski definition) is 0. The molecule has 74 valence electrons. The van der Waals surface area contributed by atoms with E-state index in [0.29, 0.717) is 0 Å². The summed E-state index contributed by atoms with van der Waals surface area (Å²) in [6.45, 7) is 1.15. The van der Waals surface area contributed by atoms with Crippen molar-refractivity contribution in [3.63, 3.8) is 0 Å². The van der Waals surface area contributed by atoms with Crippen molar-refractivity contribution < 1.29 is 19.0 Å². The molecule has 0 N–H and O–H groups in total. The number of thiocarbonyl (C=S) groups is 1. The first-order chi connectivity index (χ1) is 5.86. The normalized spacial score (nSPS) is 12.2. The fraction of sp³-hybridized carbons (Fsp3) is 0.750. The number of nitro groups is 2. The molecular formula is C4H5FN2O5S. The van der Waals surface area contributed by atoms with Crippen LogP contribution in [0.5, 0.6) is 0 Å². The molecule has 1 atom stereocenters. The van der Waals surface area contributed by atoms with Gasteiger partial charge in [0.15, 0.2) is 5.05 Å². The van der Waals surface area contributed by atoms with Gasteiger partial charge in [-0.3, -0.25) is 20.2 Å². The van der Waals surface area contributed by atoms with Crippen molar-refractivity contribution in [1.82, 2.24) is 0 Å². The Morgan fingerprint density at radius 3 is 2.08 bits per heavy atom. The first-order valence-electron chi connectivity index (χ1n) is 2.94. The zero-order chi connectivity index (χ0) is 10.6. The zero-order valence-electron chi connectivity index (χ0n) is 6.38. The van der Waals surface area contributed by atoms with Gasteiger partial charge in [-0.15, -0.1) is 0 Å². The van der Waals surface area contributed by atoms with Crippen LogP contribution < -0.4 is 0 Å². The summed E-state index contributed by atoms with van der Waals surface area (Å²) in [7, 11) is 0. The maximum Gasteiger partial charge on any atom is 0.514 e. The fourth-order valence-electron chi connectivity index (χ4n) is 0.488. The van der Waals surface area contributed by atoms with E-state index in [9.17, 15) is 24.6 Å². The maximum atomic E-state index is 12.6. The van der Waals surface area contributed by atoms with Crippen molar-refractivity contribution in [2.75, 3.05) is 0 Å². The topological polar surface area (TPSA) is 95.5 Å². The summed E-state index contributed by atoms with van der Waals surface area (Å²) in [5, 5.41) is 19.6. The van der Waals surface area contributed by atoms with Crippen molar-refractivity contribution in [2.45, 2.75) is 19.4 Å². The minimum Gasteiger partial charge on any atom is -0.442 e. The van der Waals surface area contributed by atoms with Crippen molar-refractivity contribution in [1.29, 1.82) is 0 Å². The molecule has 0 saturated heterocycles. The van der Waals surface area contributed by atoms with E-state index >= 15 is 0 Å². The number of nitrogens with zero attached hydrogens (tertiary/aromatic N) is 2. The summed E-state index contributed by atoms with van der Waals surface area (Å²) in [6, 6.07) is 0. The van der Waals surface area contributed by atoms with Crippen LogP contribution in [0.15, 0.2) is 0 Å². The van der Waals surface area contributed by atoms with Crippen LogP contribution in [-0.2, 0) is 4.74 Å². The molecule has 0 aromatic carbocycles. The molecule has 0 aromatic heterocycles. The number of rotatable bonds is 4. The second-order valence-corrected chi connectivity index (χ2v) is 2.52. The molecule has 0 amide bonds. The van der Waals surface area contributed by atoms with Crippen molar-refractivity contribution in [3.05, 3.63) is 20.2 Å². The van der Waals surface area contributed by atoms with Crippen LogP contribution in [0.3, 0.4) is 0 Å². The van der Waals surface area contributed by atoms with Crippen LogP contribution in [0.25, 0.3) is 0 Å². The van der Waals surface area contributed by atoms with E-state index in [1.807, 2.05) is 0 Å². The molecule has 0 saturated carbocycles. The van der Waals surface area contributed by atoms with Crippen molar-refractivity contribution in [2.24, 2.45) is 0 Å². The first kappa shape index (κ1) is 11.6. The highest BCUT2D eigenvalue weighted by molar-refractivity contribution is 7.80. The first-order valence-corrected chi connectivity index (χ1v) is 3.35. The predicted octanol–water partition coefficient (Wildman–Crippen LogP) is 0.525. The SMILES string of the molecule is CC(=S)OC(F)C([N+](=O)[O-])[N+](=O)[O-]. The summed E-state index contributed by atoms with van der Waals surface area (Å²) in [6.07, 6.45) is -5.31. The number of ether oxygens (including phenoxy) is 1. The Morgan fingerprint density at radius 1 is 1.46 bits per heavy atom. The minimum absolute atomic E-state index is 0.332. The van der Waals surface area contributed by atoms with Crippen LogP contribution >= 0.6 is 12.2 Å². The van der Waals surface area contributed by atoms with Crippen LogP contribution in [0.1, 0.15) is 6.92 Å².